The Morgan fingerprint density at radius 3 is 2.77 bits per heavy atom. The quantitative estimate of drug-likeness (QED) is 0.573. The van der Waals surface area contributed by atoms with Gasteiger partial charge in [0.1, 0.15) is 6.23 Å². The minimum Gasteiger partial charge on any atom is -0.378 e. The molecule has 0 saturated carbocycles. The molecule has 0 amide bonds. The third kappa shape index (κ3) is 4.87. The van der Waals surface area contributed by atoms with Crippen LogP contribution >= 0.6 is 11.8 Å². The van der Waals surface area contributed by atoms with Crippen LogP contribution in [0, 0.1) is 0 Å². The van der Waals surface area contributed by atoms with Crippen LogP contribution in [0.2, 0.25) is 0 Å². The van der Waals surface area contributed by atoms with Crippen molar-refractivity contribution >= 4 is 17.4 Å². The van der Waals surface area contributed by atoms with Crippen LogP contribution in [0.15, 0.2) is 40.3 Å². The fourth-order valence-corrected chi connectivity index (χ4v) is 3.77. The van der Waals surface area contributed by atoms with Gasteiger partial charge in [-0.2, -0.15) is 0 Å². The molecule has 1 aromatic heterocycles. The van der Waals surface area contributed by atoms with E-state index >= 15 is 0 Å². The molecule has 2 atom stereocenters. The molecule has 0 bridgehead atoms. The molecular formula is C19H26N4O2S. The van der Waals surface area contributed by atoms with Gasteiger partial charge in [-0.25, -0.2) is 4.98 Å². The Kier molecular flexibility index (Phi) is 6.34. The van der Waals surface area contributed by atoms with Gasteiger partial charge in [-0.05, 0) is 24.1 Å². The molecule has 2 N–H and O–H groups in total. The average molecular weight is 375 g/mol. The number of thioether (sulfide) groups is 1. The van der Waals surface area contributed by atoms with Crippen LogP contribution in [0.4, 0.5) is 5.69 Å². The summed E-state index contributed by atoms with van der Waals surface area (Å²) < 4.78 is 6.11. The van der Waals surface area contributed by atoms with Crippen molar-refractivity contribution in [1.82, 2.24) is 15.3 Å². The lowest BCUT2D eigenvalue weighted by Crippen LogP contribution is -2.17. The lowest BCUT2D eigenvalue weighted by atomic mass is 10.2. The molecule has 1 aliphatic heterocycles. The normalized spacial score (nSPS) is 19.7. The van der Waals surface area contributed by atoms with Gasteiger partial charge in [-0.3, -0.25) is 10.1 Å². The predicted octanol–water partition coefficient (Wildman–Crippen LogP) is 2.57. The van der Waals surface area contributed by atoms with Crippen LogP contribution in [0.5, 0.6) is 0 Å². The number of hydrogen-bond donors (Lipinski definition) is 2. The molecule has 3 rings (SSSR count). The highest BCUT2D eigenvalue weighted by Crippen LogP contribution is 2.26. The Bertz CT molecular complexity index is 776. The van der Waals surface area contributed by atoms with E-state index in [2.05, 4.69) is 51.4 Å². The molecule has 2 heterocycles. The number of aromatic amines is 1. The van der Waals surface area contributed by atoms with Crippen LogP contribution < -0.4 is 15.8 Å². The number of aryl methyl sites for hydroxylation is 1. The summed E-state index contributed by atoms with van der Waals surface area (Å²) in [6, 6.07) is 9.95. The first kappa shape index (κ1) is 18.9. The number of aromatic nitrogens is 2. The first-order valence-corrected chi connectivity index (χ1v) is 9.93. The highest BCUT2D eigenvalue weighted by molar-refractivity contribution is 7.99. The zero-order valence-corrected chi connectivity index (χ0v) is 16.3. The zero-order valence-electron chi connectivity index (χ0n) is 15.5. The first-order valence-electron chi connectivity index (χ1n) is 8.94. The van der Waals surface area contributed by atoms with E-state index in [1.807, 2.05) is 14.1 Å². The average Bonchev–Trinajstić information content (AvgIpc) is 3.09. The van der Waals surface area contributed by atoms with Crippen LogP contribution in [0.1, 0.15) is 30.8 Å². The second-order valence-electron chi connectivity index (χ2n) is 6.64. The summed E-state index contributed by atoms with van der Waals surface area (Å²) >= 11 is 1.54. The second-order valence-corrected chi connectivity index (χ2v) is 7.64. The number of hydrogen-bond acceptors (Lipinski definition) is 6. The molecule has 1 aromatic carbocycles. The van der Waals surface area contributed by atoms with Gasteiger partial charge >= 0.3 is 0 Å². The fraction of sp³-hybridized carbons (Fsp3) is 0.474. The summed E-state index contributed by atoms with van der Waals surface area (Å²) in [6.45, 7) is 2.87. The molecule has 2 aromatic rings. The molecule has 0 radical (unpaired) electrons. The summed E-state index contributed by atoms with van der Waals surface area (Å²) in [7, 11) is 4.06. The second kappa shape index (κ2) is 8.70. The Balaban J connectivity index is 1.55. The van der Waals surface area contributed by atoms with E-state index in [1.165, 1.54) is 17.4 Å². The van der Waals surface area contributed by atoms with Crippen molar-refractivity contribution in [3.8, 4) is 0 Å². The van der Waals surface area contributed by atoms with E-state index in [4.69, 9.17) is 4.74 Å². The molecule has 1 aliphatic rings. The van der Waals surface area contributed by atoms with Gasteiger partial charge in [0.15, 0.2) is 5.16 Å². The Labute approximate surface area is 158 Å². The minimum atomic E-state index is -0.0877. The Morgan fingerprint density at radius 1 is 1.31 bits per heavy atom. The molecule has 6 nitrogen and oxygen atoms in total. The van der Waals surface area contributed by atoms with Gasteiger partial charge in [0.05, 0.1) is 6.10 Å². The van der Waals surface area contributed by atoms with Crippen LogP contribution in [-0.4, -0.2) is 42.5 Å². The van der Waals surface area contributed by atoms with Crippen molar-refractivity contribution < 1.29 is 4.74 Å². The summed E-state index contributed by atoms with van der Waals surface area (Å²) in [5.41, 5.74) is 3.05. The Hall–Kier alpha value is -1.83. The minimum absolute atomic E-state index is 0.0821. The van der Waals surface area contributed by atoms with Crippen molar-refractivity contribution in [2.45, 2.75) is 37.3 Å². The zero-order chi connectivity index (χ0) is 18.5. The van der Waals surface area contributed by atoms with Gasteiger partial charge in [0.2, 0.25) is 0 Å². The molecular weight excluding hydrogens is 348 g/mol. The number of nitrogens with zero attached hydrogens (tertiary/aromatic N) is 2. The van der Waals surface area contributed by atoms with Gasteiger partial charge in [0, 0.05) is 43.8 Å². The third-order valence-corrected chi connectivity index (χ3v) is 5.26. The van der Waals surface area contributed by atoms with Crippen molar-refractivity contribution in [2.75, 3.05) is 31.3 Å². The lowest BCUT2D eigenvalue weighted by Gasteiger charge is -2.16. The SMILES string of the molecule is CCCc1cc(=O)[nH]c(SC[C@H]2CN[C@H](c3ccc(N(C)C)cc3)O2)n1. The third-order valence-electron chi connectivity index (χ3n) is 4.26. The number of ether oxygens (including phenoxy) is 1. The van der Waals surface area contributed by atoms with Gasteiger partial charge in [0.25, 0.3) is 5.56 Å². The van der Waals surface area contributed by atoms with Crippen molar-refractivity contribution in [3.05, 3.63) is 51.9 Å². The highest BCUT2D eigenvalue weighted by Gasteiger charge is 2.26. The van der Waals surface area contributed by atoms with E-state index in [9.17, 15) is 4.79 Å². The maximum atomic E-state index is 11.7. The van der Waals surface area contributed by atoms with Gasteiger partial charge in [-0.1, -0.05) is 37.2 Å². The van der Waals surface area contributed by atoms with E-state index in [0.29, 0.717) is 5.16 Å². The molecule has 0 aliphatic carbocycles. The predicted molar refractivity (Wildman–Crippen MR) is 106 cm³/mol. The first-order chi connectivity index (χ1) is 12.5. The van der Waals surface area contributed by atoms with Crippen molar-refractivity contribution in [3.63, 3.8) is 0 Å². The lowest BCUT2D eigenvalue weighted by molar-refractivity contribution is 0.0534. The fourth-order valence-electron chi connectivity index (χ4n) is 2.88. The summed E-state index contributed by atoms with van der Waals surface area (Å²) in [5, 5.41) is 4.08. The molecule has 1 saturated heterocycles. The molecule has 7 heteroatoms. The molecule has 0 spiro atoms. The van der Waals surface area contributed by atoms with Gasteiger partial charge in [-0.15, -0.1) is 0 Å². The van der Waals surface area contributed by atoms with E-state index in [1.54, 1.807) is 6.07 Å². The van der Waals surface area contributed by atoms with Crippen LogP contribution in [-0.2, 0) is 11.2 Å². The molecule has 1 fully saturated rings. The number of rotatable bonds is 7. The monoisotopic (exact) mass is 374 g/mol. The smallest absolute Gasteiger partial charge is 0.251 e. The highest BCUT2D eigenvalue weighted by atomic mass is 32.2. The molecule has 26 heavy (non-hydrogen) atoms. The summed E-state index contributed by atoms with van der Waals surface area (Å²) in [4.78, 5) is 21.1. The van der Waals surface area contributed by atoms with Crippen LogP contribution in [0.3, 0.4) is 0 Å². The summed E-state index contributed by atoms with van der Waals surface area (Å²) in [5.74, 6) is 0.748. The van der Waals surface area contributed by atoms with Crippen molar-refractivity contribution in [1.29, 1.82) is 0 Å². The maximum Gasteiger partial charge on any atom is 0.251 e. The number of anilines is 1. The number of benzene rings is 1. The standard InChI is InChI=1S/C19H26N4O2S/c1-4-5-14-10-17(24)22-19(21-14)26-12-16-11-20-18(25-16)13-6-8-15(9-7-13)23(2)3/h6-10,16,18,20H,4-5,11-12H2,1-3H3,(H,21,22,24)/t16-,18+/m1/s1. The number of H-pyrrole nitrogens is 1. The topological polar surface area (TPSA) is 70.2 Å². The van der Waals surface area contributed by atoms with Crippen LogP contribution in [0.25, 0.3) is 0 Å². The van der Waals surface area contributed by atoms with E-state index in [0.717, 1.165) is 36.4 Å². The van der Waals surface area contributed by atoms with E-state index in [-0.39, 0.29) is 17.9 Å². The summed E-state index contributed by atoms with van der Waals surface area (Å²) in [6.07, 6.45) is 1.79. The van der Waals surface area contributed by atoms with Gasteiger partial charge < -0.3 is 14.6 Å². The number of nitrogens with one attached hydrogen (secondary N) is 2. The molecule has 140 valence electrons. The Morgan fingerprint density at radius 2 is 2.08 bits per heavy atom. The van der Waals surface area contributed by atoms with E-state index < -0.39 is 0 Å². The molecule has 0 unspecified atom stereocenters. The van der Waals surface area contributed by atoms with Crippen molar-refractivity contribution in [2.24, 2.45) is 0 Å². The maximum absolute atomic E-state index is 11.7. The largest absolute Gasteiger partial charge is 0.378 e.